The Morgan fingerprint density at radius 2 is 1.34 bits per heavy atom. The molecule has 1 fully saturated rings. The van der Waals surface area contributed by atoms with Crippen molar-refractivity contribution in [2.24, 2.45) is 16.1 Å². The van der Waals surface area contributed by atoms with E-state index in [0.717, 1.165) is 23.0 Å². The zero-order valence-electron chi connectivity index (χ0n) is 18.2. The average molecular weight is 389 g/mol. The maximum Gasteiger partial charge on any atom is 0.0568 e. The van der Waals surface area contributed by atoms with Crippen LogP contribution in [0, 0.1) is 5.92 Å². The summed E-state index contributed by atoms with van der Waals surface area (Å²) in [6.07, 6.45) is 15.5. The van der Waals surface area contributed by atoms with Crippen molar-refractivity contribution < 1.29 is 0 Å². The first-order chi connectivity index (χ1) is 14.2. The fraction of sp³-hybridized carbons (Fsp3) is 0.481. The molecule has 0 unspecified atom stereocenters. The summed E-state index contributed by atoms with van der Waals surface area (Å²) in [6.45, 7) is 4.63. The number of benzene rings is 2. The molecule has 0 atom stereocenters. The molecule has 154 valence electrons. The van der Waals surface area contributed by atoms with Crippen molar-refractivity contribution in [1.29, 1.82) is 0 Å². The summed E-state index contributed by atoms with van der Waals surface area (Å²) in [5.74, 6) is 1.64. The summed E-state index contributed by atoms with van der Waals surface area (Å²) in [4.78, 5) is 0. The first-order valence-electron chi connectivity index (χ1n) is 11.5. The van der Waals surface area contributed by atoms with Crippen LogP contribution in [0.1, 0.15) is 93.4 Å². The smallest absolute Gasteiger partial charge is 0.0568 e. The molecule has 0 aromatic heterocycles. The second-order valence-corrected chi connectivity index (χ2v) is 8.66. The Balaban J connectivity index is 1.46. The van der Waals surface area contributed by atoms with Gasteiger partial charge in [-0.3, -0.25) is 0 Å². The molecule has 0 heterocycles. The fourth-order valence-corrected chi connectivity index (χ4v) is 4.17. The van der Waals surface area contributed by atoms with Gasteiger partial charge >= 0.3 is 0 Å². The van der Waals surface area contributed by atoms with Crippen molar-refractivity contribution in [1.82, 2.24) is 0 Å². The van der Waals surface area contributed by atoms with Crippen molar-refractivity contribution in [3.05, 3.63) is 70.8 Å². The molecule has 0 amide bonds. The first kappa shape index (κ1) is 21.5. The summed E-state index contributed by atoms with van der Waals surface area (Å²) in [7, 11) is 0. The Morgan fingerprint density at radius 3 is 1.93 bits per heavy atom. The fourth-order valence-electron chi connectivity index (χ4n) is 4.17. The predicted molar refractivity (Wildman–Crippen MR) is 126 cm³/mol. The van der Waals surface area contributed by atoms with Gasteiger partial charge in [-0.25, -0.2) is 0 Å². The Kier molecular flexibility index (Phi) is 8.67. The molecule has 0 spiro atoms. The molecular formula is C27H36N2. The largest absolute Gasteiger partial charge is 0.159 e. The third-order valence-electron chi connectivity index (χ3n) is 6.20. The molecule has 29 heavy (non-hydrogen) atoms. The van der Waals surface area contributed by atoms with Crippen LogP contribution < -0.4 is 0 Å². The molecule has 2 aromatic rings. The highest BCUT2D eigenvalue weighted by Crippen LogP contribution is 2.35. The van der Waals surface area contributed by atoms with Gasteiger partial charge in [0.2, 0.25) is 0 Å². The highest BCUT2D eigenvalue weighted by atomic mass is 15.2. The maximum atomic E-state index is 4.23. The third kappa shape index (κ3) is 7.27. The predicted octanol–water partition coefficient (Wildman–Crippen LogP) is 7.56. The zero-order chi connectivity index (χ0) is 20.3. The van der Waals surface area contributed by atoms with Crippen LogP contribution in [0.2, 0.25) is 0 Å². The monoisotopic (exact) mass is 388 g/mol. The van der Waals surface area contributed by atoms with Gasteiger partial charge in [0.25, 0.3) is 0 Å². The molecule has 0 bridgehead atoms. The van der Waals surface area contributed by atoms with Crippen molar-refractivity contribution in [3.8, 4) is 0 Å². The van der Waals surface area contributed by atoms with Crippen LogP contribution in [0.3, 0.4) is 0 Å². The minimum atomic E-state index is 0.741. The molecule has 1 saturated carbocycles. The highest BCUT2D eigenvalue weighted by Gasteiger charge is 2.19. The highest BCUT2D eigenvalue weighted by molar-refractivity contribution is 5.82. The van der Waals surface area contributed by atoms with Crippen molar-refractivity contribution >= 4 is 12.4 Å². The Labute approximate surface area is 177 Å². The van der Waals surface area contributed by atoms with Crippen LogP contribution in [0.15, 0.2) is 58.7 Å². The number of hydrogen-bond donors (Lipinski definition) is 0. The van der Waals surface area contributed by atoms with Gasteiger partial charge in [-0.2, -0.15) is 10.2 Å². The normalized spacial score (nSPS) is 19.9. The molecule has 3 rings (SSSR count). The van der Waals surface area contributed by atoms with Crippen LogP contribution in [-0.4, -0.2) is 12.4 Å². The topological polar surface area (TPSA) is 24.7 Å². The second-order valence-electron chi connectivity index (χ2n) is 8.66. The summed E-state index contributed by atoms with van der Waals surface area (Å²) in [6, 6.07) is 17.6. The third-order valence-corrected chi connectivity index (χ3v) is 6.20. The van der Waals surface area contributed by atoms with E-state index >= 15 is 0 Å². The van der Waals surface area contributed by atoms with Crippen LogP contribution in [0.5, 0.6) is 0 Å². The molecule has 0 radical (unpaired) electrons. The lowest BCUT2D eigenvalue weighted by Crippen LogP contribution is -2.10. The molecular weight excluding hydrogens is 352 g/mol. The van der Waals surface area contributed by atoms with Gasteiger partial charge in [0.15, 0.2) is 0 Å². The van der Waals surface area contributed by atoms with Crippen LogP contribution >= 0.6 is 0 Å². The minimum absolute atomic E-state index is 0.741. The Hall–Kier alpha value is -2.22. The lowest BCUT2D eigenvalue weighted by atomic mass is 9.79. The lowest BCUT2D eigenvalue weighted by Gasteiger charge is -2.26. The molecule has 1 aliphatic rings. The molecule has 0 aliphatic heterocycles. The average Bonchev–Trinajstić information content (AvgIpc) is 2.76. The van der Waals surface area contributed by atoms with Gasteiger partial charge in [-0.15, -0.1) is 0 Å². The second kappa shape index (κ2) is 11.7. The molecule has 2 aromatic carbocycles. The molecule has 2 heteroatoms. The summed E-state index contributed by atoms with van der Waals surface area (Å²) >= 11 is 0. The SMILES string of the molecule is CCCCCCc1ccc(/C=N/N=C/c2ccc(C3CCC(C)CC3)cc2)cc1. The van der Waals surface area contributed by atoms with Gasteiger partial charge in [0, 0.05) is 0 Å². The van der Waals surface area contributed by atoms with Crippen LogP contribution in [0.25, 0.3) is 0 Å². The summed E-state index contributed by atoms with van der Waals surface area (Å²) < 4.78 is 0. The van der Waals surface area contributed by atoms with E-state index in [4.69, 9.17) is 0 Å². The van der Waals surface area contributed by atoms with Crippen molar-refractivity contribution in [2.45, 2.75) is 77.6 Å². The van der Waals surface area contributed by atoms with E-state index in [-0.39, 0.29) is 0 Å². The number of aryl methyl sites for hydroxylation is 1. The van der Waals surface area contributed by atoms with E-state index in [1.54, 1.807) is 0 Å². The standard InChI is InChI=1S/C27H36N2/c1-3-4-5-6-7-23-10-12-24(13-11-23)20-28-29-21-25-14-18-27(19-15-25)26-16-8-22(2)9-17-26/h10-15,18-22,26H,3-9,16-17H2,1-2H3/b28-20+,29-21+. The van der Waals surface area contributed by atoms with Crippen LogP contribution in [0.4, 0.5) is 0 Å². The van der Waals surface area contributed by atoms with Gasteiger partial charge in [-0.1, -0.05) is 94.5 Å². The Bertz CT molecular complexity index is 763. The molecule has 0 saturated heterocycles. The first-order valence-corrected chi connectivity index (χ1v) is 11.5. The number of hydrogen-bond acceptors (Lipinski definition) is 2. The van der Waals surface area contributed by atoms with E-state index in [9.17, 15) is 0 Å². The van der Waals surface area contributed by atoms with Gasteiger partial charge in [-0.05, 0) is 59.8 Å². The lowest BCUT2D eigenvalue weighted by molar-refractivity contribution is 0.348. The van der Waals surface area contributed by atoms with Crippen molar-refractivity contribution in [3.63, 3.8) is 0 Å². The quantitative estimate of drug-likeness (QED) is 0.240. The van der Waals surface area contributed by atoms with Gasteiger partial charge in [0.1, 0.15) is 0 Å². The number of rotatable bonds is 9. The Morgan fingerprint density at radius 1 is 0.759 bits per heavy atom. The molecule has 0 N–H and O–H groups in total. The maximum absolute atomic E-state index is 4.23. The van der Waals surface area contributed by atoms with Crippen molar-refractivity contribution in [2.75, 3.05) is 0 Å². The number of nitrogens with zero attached hydrogens (tertiary/aromatic N) is 2. The molecule has 2 nitrogen and oxygen atoms in total. The van der Waals surface area contributed by atoms with Gasteiger partial charge < -0.3 is 0 Å². The zero-order valence-corrected chi connectivity index (χ0v) is 18.2. The summed E-state index contributed by atoms with van der Waals surface area (Å²) in [5, 5.41) is 8.44. The van der Waals surface area contributed by atoms with Gasteiger partial charge in [0.05, 0.1) is 12.4 Å². The van der Waals surface area contributed by atoms with E-state index in [2.05, 4.69) is 72.6 Å². The molecule has 1 aliphatic carbocycles. The number of unbranched alkanes of at least 4 members (excludes halogenated alkanes) is 3. The van der Waals surface area contributed by atoms with Crippen LogP contribution in [-0.2, 0) is 6.42 Å². The minimum Gasteiger partial charge on any atom is -0.159 e. The van der Waals surface area contributed by atoms with E-state index in [0.29, 0.717) is 0 Å². The summed E-state index contributed by atoms with van der Waals surface area (Å²) in [5.41, 5.74) is 5.10. The van der Waals surface area contributed by atoms with E-state index in [1.165, 1.54) is 68.9 Å². The van der Waals surface area contributed by atoms with E-state index in [1.807, 2.05) is 12.4 Å². The van der Waals surface area contributed by atoms with E-state index < -0.39 is 0 Å².